The maximum Gasteiger partial charge on any atom is 0.0416 e. The van der Waals surface area contributed by atoms with Gasteiger partial charge in [-0.3, -0.25) is 0 Å². The largest absolute Gasteiger partial charge is 0.338 e. The molecule has 0 aromatic heterocycles. The number of aryl methyl sites for hydroxylation is 1. The molecule has 0 unspecified atom stereocenters. The van der Waals surface area contributed by atoms with Crippen LogP contribution in [0.4, 0.5) is 5.69 Å². The van der Waals surface area contributed by atoms with Gasteiger partial charge in [-0.1, -0.05) is 48.4 Å². The topological polar surface area (TPSA) is 3.24 Å². The van der Waals surface area contributed by atoms with Gasteiger partial charge in [-0.05, 0) is 88.6 Å². The predicted octanol–water partition coefficient (Wildman–Crippen LogP) is 7.26. The molecule has 0 N–H and O–H groups in total. The van der Waals surface area contributed by atoms with Crippen LogP contribution >= 0.6 is 0 Å². The van der Waals surface area contributed by atoms with E-state index in [1.54, 1.807) is 0 Å². The second-order valence-electron chi connectivity index (χ2n) is 7.86. The Labute approximate surface area is 159 Å². The molecule has 2 aliphatic carbocycles. The summed E-state index contributed by atoms with van der Waals surface area (Å²) in [5, 5.41) is 0. The van der Waals surface area contributed by atoms with Gasteiger partial charge < -0.3 is 4.90 Å². The zero-order valence-corrected chi connectivity index (χ0v) is 16.9. The van der Waals surface area contributed by atoms with E-state index in [0.29, 0.717) is 6.04 Å². The molecule has 2 aliphatic rings. The highest BCUT2D eigenvalue weighted by atomic mass is 15.2. The van der Waals surface area contributed by atoms with Crippen molar-refractivity contribution in [2.24, 2.45) is 0 Å². The molecule has 1 atom stereocenters. The second-order valence-corrected chi connectivity index (χ2v) is 7.86. The van der Waals surface area contributed by atoms with Crippen molar-refractivity contribution in [2.45, 2.75) is 72.3 Å². The van der Waals surface area contributed by atoms with E-state index in [2.05, 4.69) is 81.2 Å². The van der Waals surface area contributed by atoms with E-state index >= 15 is 0 Å². The van der Waals surface area contributed by atoms with Gasteiger partial charge in [0.2, 0.25) is 0 Å². The van der Waals surface area contributed by atoms with E-state index in [-0.39, 0.29) is 0 Å². The number of nitrogens with zero attached hydrogens (tertiary/aromatic N) is 1. The van der Waals surface area contributed by atoms with Crippen molar-refractivity contribution in [1.29, 1.82) is 0 Å². The fraction of sp³-hybridized carbons (Fsp3) is 0.440. The van der Waals surface area contributed by atoms with Gasteiger partial charge in [-0.2, -0.15) is 0 Å². The molecule has 1 aromatic carbocycles. The van der Waals surface area contributed by atoms with E-state index < -0.39 is 0 Å². The number of hydrogen-bond donors (Lipinski definition) is 0. The highest BCUT2D eigenvalue weighted by molar-refractivity contribution is 5.59. The van der Waals surface area contributed by atoms with Gasteiger partial charge in [0.1, 0.15) is 0 Å². The smallest absolute Gasteiger partial charge is 0.0416 e. The molecule has 0 spiro atoms. The molecular formula is C25H33N. The molecule has 1 aromatic rings. The average Bonchev–Trinajstić information content (AvgIpc) is 2.61. The first kappa shape index (κ1) is 18.8. The molecule has 0 saturated carbocycles. The highest BCUT2D eigenvalue weighted by Crippen LogP contribution is 2.34. The summed E-state index contributed by atoms with van der Waals surface area (Å²) in [5.74, 6) is 0. The molecule has 0 radical (unpaired) electrons. The fourth-order valence-electron chi connectivity index (χ4n) is 4.17. The molecule has 26 heavy (non-hydrogen) atoms. The van der Waals surface area contributed by atoms with Gasteiger partial charge in [0.25, 0.3) is 0 Å². The monoisotopic (exact) mass is 347 g/mol. The first-order valence-corrected chi connectivity index (χ1v) is 10.2. The lowest BCUT2D eigenvalue weighted by molar-refractivity contribution is 0.559. The van der Waals surface area contributed by atoms with E-state index in [1.165, 1.54) is 46.5 Å². The molecule has 1 nitrogen and oxygen atoms in total. The van der Waals surface area contributed by atoms with Crippen LogP contribution in [0.5, 0.6) is 0 Å². The van der Waals surface area contributed by atoms with E-state index in [4.69, 9.17) is 0 Å². The zero-order valence-electron chi connectivity index (χ0n) is 16.9. The van der Waals surface area contributed by atoms with Gasteiger partial charge in [0, 0.05) is 17.4 Å². The number of hydrogen-bond acceptors (Lipinski definition) is 1. The Hall–Kier alpha value is -2.02. The van der Waals surface area contributed by atoms with Crippen molar-refractivity contribution >= 4 is 5.69 Å². The van der Waals surface area contributed by atoms with Crippen molar-refractivity contribution < 1.29 is 0 Å². The van der Waals surface area contributed by atoms with Crippen LogP contribution < -0.4 is 4.90 Å². The van der Waals surface area contributed by atoms with Gasteiger partial charge in [-0.15, -0.1) is 0 Å². The lowest BCUT2D eigenvalue weighted by Gasteiger charge is -2.38. The fourth-order valence-corrected chi connectivity index (χ4v) is 4.17. The Morgan fingerprint density at radius 1 is 1.04 bits per heavy atom. The third-order valence-electron chi connectivity index (χ3n) is 5.68. The molecule has 3 rings (SSSR count). The van der Waals surface area contributed by atoms with Crippen molar-refractivity contribution in [1.82, 2.24) is 0 Å². The molecular weight excluding hydrogens is 314 g/mol. The number of rotatable bonds is 4. The normalized spacial score (nSPS) is 24.2. The van der Waals surface area contributed by atoms with Crippen LogP contribution in [0.2, 0.25) is 0 Å². The Morgan fingerprint density at radius 2 is 1.88 bits per heavy atom. The van der Waals surface area contributed by atoms with E-state index in [0.717, 1.165) is 25.7 Å². The van der Waals surface area contributed by atoms with E-state index in [9.17, 15) is 0 Å². The number of anilines is 1. The Kier molecular flexibility index (Phi) is 6.19. The zero-order chi connectivity index (χ0) is 18.5. The third kappa shape index (κ3) is 4.38. The maximum atomic E-state index is 2.63. The SMILES string of the molecule is CCC1=C/CCC(C)=C(N(c2cccc(C)c2)[C@H]2CCC=C(C)C2)/C=C\1. The van der Waals surface area contributed by atoms with Gasteiger partial charge in [0.05, 0.1) is 0 Å². The highest BCUT2D eigenvalue weighted by Gasteiger charge is 2.25. The van der Waals surface area contributed by atoms with Crippen LogP contribution in [0.15, 0.2) is 71.0 Å². The molecule has 1 heteroatoms. The van der Waals surface area contributed by atoms with Crippen LogP contribution in [0.25, 0.3) is 0 Å². The molecule has 0 amide bonds. The lowest BCUT2D eigenvalue weighted by Crippen LogP contribution is -2.36. The minimum Gasteiger partial charge on any atom is -0.338 e. The van der Waals surface area contributed by atoms with Crippen LogP contribution in [0, 0.1) is 6.92 Å². The molecule has 0 fully saturated rings. The van der Waals surface area contributed by atoms with Crippen molar-refractivity contribution in [2.75, 3.05) is 4.90 Å². The Balaban J connectivity index is 2.06. The van der Waals surface area contributed by atoms with Crippen LogP contribution in [-0.4, -0.2) is 6.04 Å². The molecule has 0 saturated heterocycles. The van der Waals surface area contributed by atoms with Gasteiger partial charge in [-0.25, -0.2) is 0 Å². The summed E-state index contributed by atoms with van der Waals surface area (Å²) in [7, 11) is 0. The van der Waals surface area contributed by atoms with Gasteiger partial charge >= 0.3 is 0 Å². The number of allylic oxidation sites excluding steroid dienone is 6. The lowest BCUT2D eigenvalue weighted by atomic mass is 9.92. The van der Waals surface area contributed by atoms with Crippen LogP contribution in [-0.2, 0) is 0 Å². The Bertz CT molecular complexity index is 760. The molecule has 0 bridgehead atoms. The first-order valence-electron chi connectivity index (χ1n) is 10.2. The van der Waals surface area contributed by atoms with Crippen molar-refractivity contribution in [3.05, 3.63) is 76.5 Å². The summed E-state index contributed by atoms with van der Waals surface area (Å²) in [5.41, 5.74) is 8.57. The average molecular weight is 348 g/mol. The van der Waals surface area contributed by atoms with Crippen LogP contribution in [0.3, 0.4) is 0 Å². The minimum atomic E-state index is 0.546. The quantitative estimate of drug-likeness (QED) is 0.518. The molecule has 138 valence electrons. The summed E-state index contributed by atoms with van der Waals surface area (Å²) >= 11 is 0. The predicted molar refractivity (Wildman–Crippen MR) is 115 cm³/mol. The maximum absolute atomic E-state index is 2.63. The van der Waals surface area contributed by atoms with Crippen molar-refractivity contribution in [3.8, 4) is 0 Å². The summed E-state index contributed by atoms with van der Waals surface area (Å²) < 4.78 is 0. The van der Waals surface area contributed by atoms with E-state index in [1.807, 2.05) is 0 Å². The van der Waals surface area contributed by atoms with Crippen LogP contribution in [0.1, 0.15) is 64.9 Å². The summed E-state index contributed by atoms with van der Waals surface area (Å²) in [4.78, 5) is 2.63. The summed E-state index contributed by atoms with van der Waals surface area (Å²) in [6.45, 7) is 9.05. The standard InChI is InChI=1S/C25H33N/c1-5-22-12-8-11-21(4)25(16-15-22)26(23-13-6-9-19(2)17-23)24-14-7-10-20(3)18-24/h6,9-10,12-13,15-17,24H,5,7-8,11,14,18H2,1-4H3/b16-15-,22-12-,25-21?/t24-/m0/s1. The minimum absolute atomic E-state index is 0.546. The first-order chi connectivity index (χ1) is 12.6. The van der Waals surface area contributed by atoms with Crippen molar-refractivity contribution in [3.63, 3.8) is 0 Å². The third-order valence-corrected chi connectivity index (χ3v) is 5.68. The molecule has 0 aliphatic heterocycles. The second kappa shape index (κ2) is 8.58. The van der Waals surface area contributed by atoms with Gasteiger partial charge in [0.15, 0.2) is 0 Å². The summed E-state index contributed by atoms with van der Waals surface area (Å²) in [6.07, 6.45) is 16.5. The number of benzene rings is 1. The summed E-state index contributed by atoms with van der Waals surface area (Å²) in [6, 6.07) is 9.57. The Morgan fingerprint density at radius 3 is 2.62 bits per heavy atom. The molecule has 0 heterocycles.